The molecule has 30 nitrogen and oxygen atoms in total. The van der Waals surface area contributed by atoms with Gasteiger partial charge in [-0.2, -0.15) is 0 Å². The lowest BCUT2D eigenvalue weighted by atomic mass is 10.1. The minimum absolute atomic E-state index is 0.176. The van der Waals surface area contributed by atoms with E-state index in [4.69, 9.17) is 128 Å². The summed E-state index contributed by atoms with van der Waals surface area (Å²) >= 11 is 0. The van der Waals surface area contributed by atoms with Crippen LogP contribution in [-0.2, 0) is 133 Å². The van der Waals surface area contributed by atoms with Crippen LogP contribution in [0.1, 0.15) is 49.4 Å². The molecule has 0 heterocycles. The van der Waals surface area contributed by atoms with Crippen LogP contribution in [0.25, 0.3) is 0 Å². The summed E-state index contributed by atoms with van der Waals surface area (Å²) in [6.45, 7) is 28.2. The fraction of sp³-hybridized carbons (Fsp3) is 0.877. The highest BCUT2D eigenvalue weighted by Crippen LogP contribution is 2.17. The molecule has 0 aliphatic heterocycles. The molecule has 560 valence electrons. The fourth-order valence-electron chi connectivity index (χ4n) is 7.21. The lowest BCUT2D eigenvalue weighted by Gasteiger charge is -2.19. The second kappa shape index (κ2) is 73.8. The zero-order valence-electron chi connectivity index (χ0n) is 58.1. The monoisotopic (exact) mass is 1380 g/mol. The van der Waals surface area contributed by atoms with Gasteiger partial charge in [-0.1, -0.05) is 12.1 Å². The van der Waals surface area contributed by atoms with Crippen LogP contribution >= 0.6 is 0 Å². The van der Waals surface area contributed by atoms with Gasteiger partial charge in [-0.05, 0) is 32.9 Å². The van der Waals surface area contributed by atoms with Crippen molar-refractivity contribution in [3.8, 4) is 0 Å². The van der Waals surface area contributed by atoms with Crippen LogP contribution in [0.3, 0.4) is 0 Å². The average Bonchev–Trinajstić information content (AvgIpc) is 0.953. The van der Waals surface area contributed by atoms with E-state index in [9.17, 15) is 9.59 Å². The van der Waals surface area contributed by atoms with Crippen LogP contribution < -0.4 is 5.32 Å². The van der Waals surface area contributed by atoms with Crippen LogP contribution in [0.4, 0.5) is 0 Å². The number of ether oxygens (including phenoxy) is 27. The molecule has 0 unspecified atom stereocenters. The van der Waals surface area contributed by atoms with E-state index in [2.05, 4.69) is 5.32 Å². The Morgan fingerprint density at radius 1 is 0.284 bits per heavy atom. The largest absolute Gasteiger partial charge is 0.460 e. The van der Waals surface area contributed by atoms with Crippen molar-refractivity contribution in [3.05, 3.63) is 35.4 Å². The van der Waals surface area contributed by atoms with Gasteiger partial charge < -0.3 is 133 Å². The summed E-state index contributed by atoms with van der Waals surface area (Å²) in [5.41, 5.74) is 0.894. The SMILES string of the molecule is COC(OC)c1ccc(C(=O)NCCOCCOCCOCCOCCOCCOCCOCCOCCOCCOCCOCCOCCOCCOCCOCCOCCOCCOCCOCCOCCOCCOCCOCCOCCC(=O)OC(C)(C)C)cc1. The third-order valence-corrected chi connectivity index (χ3v) is 11.8. The summed E-state index contributed by atoms with van der Waals surface area (Å²) in [6.07, 6.45) is -0.244. The molecule has 0 spiro atoms. The normalized spacial score (nSPS) is 11.9. The summed E-state index contributed by atoms with van der Waals surface area (Å²) in [4.78, 5) is 23.9. The Morgan fingerprint density at radius 2 is 0.463 bits per heavy atom. The number of amides is 1. The van der Waals surface area contributed by atoms with Gasteiger partial charge in [0.1, 0.15) is 5.60 Å². The Kier molecular flexibility index (Phi) is 70.0. The number of nitrogens with one attached hydrogen (secondary N) is 1. The summed E-state index contributed by atoms with van der Waals surface area (Å²) in [7, 11) is 3.12. The summed E-state index contributed by atoms with van der Waals surface area (Å²) in [5.74, 6) is -0.449. The molecule has 0 atom stereocenters. The van der Waals surface area contributed by atoms with Crippen molar-refractivity contribution in [1.29, 1.82) is 0 Å². The molecule has 1 aromatic rings. The van der Waals surface area contributed by atoms with E-state index in [1.165, 1.54) is 0 Å². The molecule has 0 radical (unpaired) electrons. The zero-order chi connectivity index (χ0) is 68.4. The highest BCUT2D eigenvalue weighted by atomic mass is 16.7. The zero-order valence-corrected chi connectivity index (χ0v) is 58.1. The molecule has 1 amide bonds. The lowest BCUT2D eigenvalue weighted by Crippen LogP contribution is -2.27. The first kappa shape index (κ1) is 90.1. The van der Waals surface area contributed by atoms with Crippen molar-refractivity contribution in [2.45, 2.75) is 39.1 Å². The molecule has 95 heavy (non-hydrogen) atoms. The quantitative estimate of drug-likeness (QED) is 0.0557. The van der Waals surface area contributed by atoms with Gasteiger partial charge in [-0.25, -0.2) is 0 Å². The Bertz CT molecular complexity index is 1710. The molecule has 0 fully saturated rings. The maximum Gasteiger partial charge on any atom is 0.308 e. The number of rotatable bonds is 79. The van der Waals surface area contributed by atoms with Crippen molar-refractivity contribution in [3.63, 3.8) is 0 Å². The van der Waals surface area contributed by atoms with Gasteiger partial charge in [0.25, 0.3) is 5.91 Å². The number of hydrogen-bond donors (Lipinski definition) is 1. The number of hydrogen-bond acceptors (Lipinski definition) is 29. The lowest BCUT2D eigenvalue weighted by molar-refractivity contribution is -0.156. The predicted octanol–water partition coefficient (Wildman–Crippen LogP) is 2.84. The van der Waals surface area contributed by atoms with Crippen LogP contribution in [0.15, 0.2) is 24.3 Å². The smallest absolute Gasteiger partial charge is 0.308 e. The first-order valence-electron chi connectivity index (χ1n) is 33.3. The van der Waals surface area contributed by atoms with Gasteiger partial charge in [-0.15, -0.1) is 0 Å². The van der Waals surface area contributed by atoms with Crippen LogP contribution in [0, 0.1) is 0 Å². The van der Waals surface area contributed by atoms with E-state index in [1.807, 2.05) is 20.8 Å². The molecule has 0 saturated carbocycles. The Hall–Kier alpha value is -2.88. The first-order chi connectivity index (χ1) is 46.8. The topological polar surface area (TPSA) is 295 Å². The van der Waals surface area contributed by atoms with Gasteiger partial charge in [0.2, 0.25) is 0 Å². The van der Waals surface area contributed by atoms with E-state index in [0.717, 1.165) is 5.56 Å². The summed E-state index contributed by atoms with van der Waals surface area (Å²) in [6, 6.07) is 7.06. The highest BCUT2D eigenvalue weighted by Gasteiger charge is 2.16. The Balaban J connectivity index is 1.61. The van der Waals surface area contributed by atoms with Gasteiger partial charge in [0.05, 0.1) is 324 Å². The number of methoxy groups -OCH3 is 2. The summed E-state index contributed by atoms with van der Waals surface area (Å²) in [5, 5.41) is 2.83. The van der Waals surface area contributed by atoms with E-state index in [1.54, 1.807) is 38.5 Å². The second-order valence-corrected chi connectivity index (χ2v) is 20.7. The highest BCUT2D eigenvalue weighted by molar-refractivity contribution is 5.94. The van der Waals surface area contributed by atoms with Crippen molar-refractivity contribution in [2.75, 3.05) is 338 Å². The minimum atomic E-state index is -0.486. The number of carbonyl (C=O) groups is 2. The van der Waals surface area contributed by atoms with Crippen LogP contribution in [0.2, 0.25) is 0 Å². The standard InChI is InChI=1S/C65H121NO29/c1-65(2,3)95-62(67)10-12-71-14-16-73-18-20-75-22-24-77-26-28-79-30-32-81-34-36-83-38-40-85-42-44-87-46-48-89-50-52-91-54-56-93-58-59-94-57-55-92-53-51-90-49-47-88-45-43-86-41-39-84-37-35-82-33-31-80-29-27-78-25-23-76-21-19-74-17-15-72-13-11-66-63(68)60-6-8-61(9-7-60)64(69-4)70-5/h6-9,64H,10-59H2,1-5H3,(H,66,68). The van der Waals surface area contributed by atoms with Crippen LogP contribution in [0.5, 0.6) is 0 Å². The maximum atomic E-state index is 12.3. The number of carbonyl (C=O) groups excluding carboxylic acids is 2. The average molecular weight is 1380 g/mol. The van der Waals surface area contributed by atoms with E-state index < -0.39 is 11.9 Å². The Morgan fingerprint density at radius 3 is 0.642 bits per heavy atom. The maximum absolute atomic E-state index is 12.3. The van der Waals surface area contributed by atoms with Gasteiger partial charge in [0.15, 0.2) is 6.29 Å². The van der Waals surface area contributed by atoms with E-state index in [0.29, 0.717) is 329 Å². The number of esters is 1. The molecular weight excluding hydrogens is 1260 g/mol. The second-order valence-electron chi connectivity index (χ2n) is 20.7. The fourth-order valence-corrected chi connectivity index (χ4v) is 7.21. The van der Waals surface area contributed by atoms with E-state index in [-0.39, 0.29) is 18.3 Å². The third-order valence-electron chi connectivity index (χ3n) is 11.8. The molecule has 1 aromatic carbocycles. The molecule has 30 heteroatoms. The van der Waals surface area contributed by atoms with Gasteiger partial charge >= 0.3 is 5.97 Å². The van der Waals surface area contributed by atoms with Gasteiger partial charge in [-0.3, -0.25) is 9.59 Å². The number of benzene rings is 1. The van der Waals surface area contributed by atoms with Crippen molar-refractivity contribution in [1.82, 2.24) is 5.32 Å². The minimum Gasteiger partial charge on any atom is -0.460 e. The van der Waals surface area contributed by atoms with Crippen molar-refractivity contribution >= 4 is 11.9 Å². The summed E-state index contributed by atoms with van der Waals surface area (Å²) < 4.78 is 148. The van der Waals surface area contributed by atoms with Crippen LogP contribution in [-0.4, -0.2) is 355 Å². The third kappa shape index (κ3) is 69.4. The Labute approximate surface area is 565 Å². The molecule has 1 rings (SSSR count). The predicted molar refractivity (Wildman–Crippen MR) is 346 cm³/mol. The molecule has 0 aromatic heterocycles. The van der Waals surface area contributed by atoms with Crippen molar-refractivity contribution in [2.24, 2.45) is 0 Å². The molecule has 0 aliphatic carbocycles. The molecule has 0 bridgehead atoms. The molecular formula is C65H121NO29. The van der Waals surface area contributed by atoms with Gasteiger partial charge in [0, 0.05) is 31.9 Å². The first-order valence-corrected chi connectivity index (χ1v) is 33.3. The molecule has 0 saturated heterocycles. The van der Waals surface area contributed by atoms with E-state index >= 15 is 0 Å². The van der Waals surface area contributed by atoms with Crippen molar-refractivity contribution < 1.29 is 137 Å². The molecule has 0 aliphatic rings. The molecule has 1 N–H and O–H groups in total.